The molecule has 8 nitrogen and oxygen atoms in total. The molecule has 0 aliphatic heterocycles. The minimum atomic E-state index is -0.253. The highest BCUT2D eigenvalue weighted by molar-refractivity contribution is 14.0. The average Bonchev–Trinajstić information content (AvgIpc) is 2.98. The normalized spacial score (nSPS) is 11.7. The number of rotatable bonds is 9. The van der Waals surface area contributed by atoms with E-state index in [2.05, 4.69) is 44.3 Å². The molecule has 150 valence electrons. The molecule has 0 aliphatic rings. The van der Waals surface area contributed by atoms with Gasteiger partial charge in [-0.15, -0.1) is 34.2 Å². The third-order valence-corrected chi connectivity index (χ3v) is 3.76. The summed E-state index contributed by atoms with van der Waals surface area (Å²) < 4.78 is 2.01. The lowest BCUT2D eigenvalue weighted by Crippen LogP contribution is -2.44. The van der Waals surface area contributed by atoms with Crippen LogP contribution in [0.25, 0.3) is 0 Å². The van der Waals surface area contributed by atoms with Crippen LogP contribution in [0.4, 0.5) is 0 Å². The fourth-order valence-electron chi connectivity index (χ4n) is 2.09. The van der Waals surface area contributed by atoms with Gasteiger partial charge in [0.1, 0.15) is 18.7 Å². The summed E-state index contributed by atoms with van der Waals surface area (Å²) in [6, 6.07) is 0. The average molecular weight is 497 g/mol. The van der Waals surface area contributed by atoms with Crippen molar-refractivity contribution in [3.05, 3.63) is 12.2 Å². The van der Waals surface area contributed by atoms with E-state index in [0.29, 0.717) is 12.5 Å². The van der Waals surface area contributed by atoms with Gasteiger partial charge in [0.15, 0.2) is 5.96 Å². The van der Waals surface area contributed by atoms with Crippen LogP contribution >= 0.6 is 35.7 Å². The second kappa shape index (κ2) is 13.2. The molecule has 0 fully saturated rings. The van der Waals surface area contributed by atoms with E-state index < -0.39 is 0 Å². The predicted octanol–water partition coefficient (Wildman–Crippen LogP) is 1.27. The van der Waals surface area contributed by atoms with Crippen LogP contribution in [0, 0.1) is 0 Å². The topological polar surface area (TPSA) is 96.2 Å². The Labute approximate surface area is 177 Å². The number of halogens is 1. The predicted molar refractivity (Wildman–Crippen MR) is 119 cm³/mol. The Morgan fingerprint density at radius 2 is 2.00 bits per heavy atom. The standard InChI is InChI=1S/C16H31N7OS.HI/c1-6-13-22-20-12-23(13)9-7-17-15(18-8-10-25-5)19-11-14(24)21-16(2,3)4;/h12H,6-11H2,1-5H3,(H,21,24)(H2,17,18,19);1H. The van der Waals surface area contributed by atoms with Crippen LogP contribution in [0.2, 0.25) is 0 Å². The smallest absolute Gasteiger partial charge is 0.242 e. The first-order valence-corrected chi connectivity index (χ1v) is 9.94. The highest BCUT2D eigenvalue weighted by Gasteiger charge is 2.13. The van der Waals surface area contributed by atoms with E-state index in [0.717, 1.165) is 31.1 Å². The Balaban J connectivity index is 0.00000625. The number of thioether (sulfide) groups is 1. The van der Waals surface area contributed by atoms with Crippen molar-refractivity contribution >= 4 is 47.6 Å². The molecule has 1 aromatic rings. The van der Waals surface area contributed by atoms with Crippen molar-refractivity contribution in [3.63, 3.8) is 0 Å². The molecule has 0 aromatic carbocycles. The molecular weight excluding hydrogens is 465 g/mol. The van der Waals surface area contributed by atoms with Crippen LogP contribution in [0.1, 0.15) is 33.5 Å². The first-order valence-electron chi connectivity index (χ1n) is 8.54. The number of amides is 1. The van der Waals surface area contributed by atoms with Gasteiger partial charge < -0.3 is 20.5 Å². The molecule has 10 heteroatoms. The van der Waals surface area contributed by atoms with Crippen molar-refractivity contribution in [2.45, 2.75) is 46.2 Å². The molecule has 26 heavy (non-hydrogen) atoms. The lowest BCUT2D eigenvalue weighted by atomic mass is 10.1. The summed E-state index contributed by atoms with van der Waals surface area (Å²) in [7, 11) is 0. The van der Waals surface area contributed by atoms with E-state index in [9.17, 15) is 4.79 Å². The summed E-state index contributed by atoms with van der Waals surface area (Å²) in [4.78, 5) is 16.3. The zero-order valence-corrected chi connectivity index (χ0v) is 19.5. The highest BCUT2D eigenvalue weighted by Crippen LogP contribution is 1.98. The quantitative estimate of drug-likeness (QED) is 0.206. The molecule has 1 aromatic heterocycles. The number of guanidine groups is 1. The van der Waals surface area contributed by atoms with Gasteiger partial charge in [0.25, 0.3) is 0 Å². The van der Waals surface area contributed by atoms with Gasteiger partial charge in [-0.3, -0.25) is 4.79 Å². The molecule has 0 saturated heterocycles. The lowest BCUT2D eigenvalue weighted by molar-refractivity contribution is -0.121. The minimum Gasteiger partial charge on any atom is -0.356 e. The van der Waals surface area contributed by atoms with E-state index in [-0.39, 0.29) is 42.0 Å². The molecule has 0 aliphatic carbocycles. The monoisotopic (exact) mass is 497 g/mol. The van der Waals surface area contributed by atoms with Crippen LogP contribution in [0.5, 0.6) is 0 Å². The molecule has 0 radical (unpaired) electrons. The van der Waals surface area contributed by atoms with Gasteiger partial charge >= 0.3 is 0 Å². The van der Waals surface area contributed by atoms with Crippen molar-refractivity contribution in [2.24, 2.45) is 4.99 Å². The van der Waals surface area contributed by atoms with Crippen molar-refractivity contribution in [1.82, 2.24) is 30.7 Å². The van der Waals surface area contributed by atoms with Gasteiger partial charge in [0, 0.05) is 37.3 Å². The van der Waals surface area contributed by atoms with Crippen molar-refractivity contribution in [1.29, 1.82) is 0 Å². The van der Waals surface area contributed by atoms with E-state index in [1.807, 2.05) is 25.3 Å². The van der Waals surface area contributed by atoms with Crippen LogP contribution in [0.3, 0.4) is 0 Å². The van der Waals surface area contributed by atoms with Crippen LogP contribution < -0.4 is 16.0 Å². The van der Waals surface area contributed by atoms with E-state index in [4.69, 9.17) is 0 Å². The van der Waals surface area contributed by atoms with Gasteiger partial charge in [-0.05, 0) is 27.0 Å². The Morgan fingerprint density at radius 3 is 2.62 bits per heavy atom. The molecule has 1 amide bonds. The SMILES string of the molecule is CCc1nncn1CCNC(=NCC(=O)NC(C)(C)C)NCCSC.I. The molecule has 0 unspecified atom stereocenters. The summed E-state index contributed by atoms with van der Waals surface area (Å²) in [5, 5.41) is 17.4. The summed E-state index contributed by atoms with van der Waals surface area (Å²) in [6.07, 6.45) is 4.64. The fraction of sp³-hybridized carbons (Fsp3) is 0.750. The second-order valence-corrected chi connectivity index (χ2v) is 7.59. The van der Waals surface area contributed by atoms with Crippen LogP contribution in [-0.4, -0.2) is 63.8 Å². The first-order chi connectivity index (χ1) is 11.9. The third-order valence-electron chi connectivity index (χ3n) is 3.15. The fourth-order valence-corrected chi connectivity index (χ4v) is 2.39. The number of hydrogen-bond donors (Lipinski definition) is 3. The highest BCUT2D eigenvalue weighted by atomic mass is 127. The molecule has 0 atom stereocenters. The summed E-state index contributed by atoms with van der Waals surface area (Å²) in [5.41, 5.74) is -0.253. The number of aliphatic imine (C=N–C) groups is 1. The largest absolute Gasteiger partial charge is 0.356 e. The second-order valence-electron chi connectivity index (χ2n) is 6.60. The lowest BCUT2D eigenvalue weighted by Gasteiger charge is -2.20. The Hall–Kier alpha value is -1.04. The maximum atomic E-state index is 11.9. The maximum Gasteiger partial charge on any atom is 0.242 e. The number of nitrogens with one attached hydrogen (secondary N) is 3. The Kier molecular flexibility index (Phi) is 12.7. The van der Waals surface area contributed by atoms with Crippen molar-refractivity contribution in [2.75, 3.05) is 31.6 Å². The van der Waals surface area contributed by atoms with Crippen LogP contribution in [0.15, 0.2) is 11.3 Å². The first kappa shape index (κ1) is 25.0. The molecule has 0 saturated carbocycles. The Bertz CT molecular complexity index is 557. The zero-order valence-electron chi connectivity index (χ0n) is 16.3. The zero-order chi connectivity index (χ0) is 18.7. The third kappa shape index (κ3) is 10.8. The van der Waals surface area contributed by atoms with Gasteiger partial charge in [0.05, 0.1) is 0 Å². The summed E-state index contributed by atoms with van der Waals surface area (Å²) >= 11 is 1.76. The number of aryl methyl sites for hydroxylation is 1. The molecule has 0 bridgehead atoms. The van der Waals surface area contributed by atoms with Gasteiger partial charge in [-0.1, -0.05) is 6.92 Å². The number of aromatic nitrogens is 3. The van der Waals surface area contributed by atoms with Gasteiger partial charge in [-0.25, -0.2) is 4.99 Å². The number of carbonyl (C=O) groups excluding carboxylic acids is 1. The molecule has 0 spiro atoms. The van der Waals surface area contributed by atoms with E-state index in [1.165, 1.54) is 0 Å². The molecule has 1 rings (SSSR count). The number of nitrogens with zero attached hydrogens (tertiary/aromatic N) is 4. The van der Waals surface area contributed by atoms with Crippen molar-refractivity contribution in [3.8, 4) is 0 Å². The minimum absolute atomic E-state index is 0. The summed E-state index contributed by atoms with van der Waals surface area (Å²) in [6.45, 7) is 10.2. The number of carbonyl (C=O) groups is 1. The van der Waals surface area contributed by atoms with Crippen molar-refractivity contribution < 1.29 is 4.79 Å². The molecular formula is C16H32IN7OS. The molecule has 1 heterocycles. The molecule has 3 N–H and O–H groups in total. The van der Waals surface area contributed by atoms with E-state index >= 15 is 0 Å². The van der Waals surface area contributed by atoms with Gasteiger partial charge in [0.2, 0.25) is 5.91 Å². The Morgan fingerprint density at radius 1 is 1.31 bits per heavy atom. The van der Waals surface area contributed by atoms with E-state index in [1.54, 1.807) is 18.1 Å². The van der Waals surface area contributed by atoms with Crippen LogP contribution in [-0.2, 0) is 17.8 Å². The van der Waals surface area contributed by atoms with Gasteiger partial charge in [-0.2, -0.15) is 11.8 Å². The maximum absolute atomic E-state index is 11.9. The summed E-state index contributed by atoms with van der Waals surface area (Å²) in [5.74, 6) is 2.48. The number of hydrogen-bond acceptors (Lipinski definition) is 5.